The van der Waals surface area contributed by atoms with Gasteiger partial charge in [0.25, 0.3) is 0 Å². The maximum absolute atomic E-state index is 9.64. The molecule has 0 aliphatic carbocycles. The predicted molar refractivity (Wildman–Crippen MR) is 37.7 cm³/mol. The first-order chi connectivity index (χ1) is 5.12. The number of piperidine rings is 1. The van der Waals surface area contributed by atoms with Crippen molar-refractivity contribution in [2.75, 3.05) is 0 Å². The summed E-state index contributed by atoms with van der Waals surface area (Å²) in [6.45, 7) is 0. The molecule has 0 saturated carbocycles. The molecule has 4 nitrogen and oxygen atoms in total. The van der Waals surface area contributed by atoms with E-state index in [-0.39, 0.29) is 12.5 Å². The molecule has 4 heteroatoms. The second-order valence-corrected chi connectivity index (χ2v) is 3.53. The van der Waals surface area contributed by atoms with Crippen LogP contribution in [0.1, 0.15) is 19.3 Å². The summed E-state index contributed by atoms with van der Waals surface area (Å²) in [6, 6.07) is -0.0246. The van der Waals surface area contributed by atoms with Crippen LogP contribution in [0, 0.1) is 0 Å². The first-order valence-electron chi connectivity index (χ1n) is 3.98. The van der Waals surface area contributed by atoms with Crippen LogP contribution >= 0.6 is 0 Å². The van der Waals surface area contributed by atoms with E-state index in [1.165, 1.54) is 0 Å². The zero-order valence-corrected chi connectivity index (χ0v) is 6.20. The number of fused-ring (bicyclic) bond motifs is 2. The van der Waals surface area contributed by atoms with Crippen LogP contribution < -0.4 is 5.32 Å². The number of aliphatic hydroxyl groups excluding tert-OH is 2. The Kier molecular flexibility index (Phi) is 1.47. The SMILES string of the molecule is OC1CC(O)[C@]2(O)CCC1N2. The molecular formula is C7H13NO3. The van der Waals surface area contributed by atoms with Crippen LogP contribution in [0.15, 0.2) is 0 Å². The Morgan fingerprint density at radius 2 is 2.09 bits per heavy atom. The van der Waals surface area contributed by atoms with Crippen LogP contribution in [0.2, 0.25) is 0 Å². The van der Waals surface area contributed by atoms with E-state index in [9.17, 15) is 15.3 Å². The largest absolute Gasteiger partial charge is 0.391 e. The maximum atomic E-state index is 9.64. The molecule has 2 aliphatic heterocycles. The van der Waals surface area contributed by atoms with Crippen molar-refractivity contribution in [2.45, 2.75) is 43.2 Å². The van der Waals surface area contributed by atoms with E-state index in [1.807, 2.05) is 0 Å². The van der Waals surface area contributed by atoms with Crippen molar-refractivity contribution >= 4 is 0 Å². The standard InChI is InChI=1S/C7H13NO3/c9-5-3-6(10)7(11)2-1-4(5)8-7/h4-6,8-11H,1-3H2/t4?,5?,6?,7-/m1/s1. The Bertz CT molecular complexity index is 175. The molecule has 2 saturated heterocycles. The van der Waals surface area contributed by atoms with E-state index < -0.39 is 17.9 Å². The first kappa shape index (κ1) is 7.49. The lowest BCUT2D eigenvalue weighted by Crippen LogP contribution is -2.60. The highest BCUT2D eigenvalue weighted by atomic mass is 16.4. The summed E-state index contributed by atoms with van der Waals surface area (Å²) in [5.74, 6) is 0. The number of hydrogen-bond acceptors (Lipinski definition) is 4. The fourth-order valence-corrected chi connectivity index (χ4v) is 1.98. The third-order valence-electron chi connectivity index (χ3n) is 2.75. The lowest BCUT2D eigenvalue weighted by Gasteiger charge is -2.36. The average molecular weight is 159 g/mol. The fourth-order valence-electron chi connectivity index (χ4n) is 1.98. The Balaban J connectivity index is 2.19. The molecule has 2 fully saturated rings. The lowest BCUT2D eigenvalue weighted by molar-refractivity contribution is -0.127. The molecule has 0 radical (unpaired) electrons. The summed E-state index contributed by atoms with van der Waals surface area (Å²) < 4.78 is 0. The number of aliphatic hydroxyl groups is 3. The van der Waals surface area contributed by atoms with Crippen LogP contribution in [0.3, 0.4) is 0 Å². The molecule has 64 valence electrons. The highest BCUT2D eigenvalue weighted by Gasteiger charge is 2.49. The van der Waals surface area contributed by atoms with E-state index in [4.69, 9.17) is 0 Å². The van der Waals surface area contributed by atoms with Gasteiger partial charge in [0.1, 0.15) is 5.72 Å². The van der Waals surface area contributed by atoms with Gasteiger partial charge in [0.2, 0.25) is 0 Å². The van der Waals surface area contributed by atoms with Crippen LogP contribution in [0.5, 0.6) is 0 Å². The lowest BCUT2D eigenvalue weighted by atomic mass is 9.97. The Morgan fingerprint density at radius 1 is 1.36 bits per heavy atom. The van der Waals surface area contributed by atoms with E-state index >= 15 is 0 Å². The smallest absolute Gasteiger partial charge is 0.142 e. The molecule has 4 N–H and O–H groups in total. The summed E-state index contributed by atoms with van der Waals surface area (Å²) in [4.78, 5) is 0. The molecule has 0 aromatic rings. The summed E-state index contributed by atoms with van der Waals surface area (Å²) >= 11 is 0. The predicted octanol–water partition coefficient (Wildman–Crippen LogP) is -1.45. The van der Waals surface area contributed by atoms with Gasteiger partial charge < -0.3 is 15.3 Å². The van der Waals surface area contributed by atoms with Crippen LogP contribution in [-0.4, -0.2) is 39.3 Å². The topological polar surface area (TPSA) is 72.7 Å². The van der Waals surface area contributed by atoms with Crippen molar-refractivity contribution in [3.63, 3.8) is 0 Å². The van der Waals surface area contributed by atoms with Crippen molar-refractivity contribution in [2.24, 2.45) is 0 Å². The number of hydrogen-bond donors (Lipinski definition) is 4. The van der Waals surface area contributed by atoms with Gasteiger partial charge in [0, 0.05) is 12.5 Å². The van der Waals surface area contributed by atoms with E-state index in [2.05, 4.69) is 5.32 Å². The molecule has 2 aliphatic rings. The van der Waals surface area contributed by atoms with Crippen molar-refractivity contribution in [1.82, 2.24) is 5.32 Å². The monoisotopic (exact) mass is 159 g/mol. The third kappa shape index (κ3) is 0.980. The Hall–Kier alpha value is -0.160. The quantitative estimate of drug-likeness (QED) is 0.349. The molecule has 4 atom stereocenters. The van der Waals surface area contributed by atoms with Gasteiger partial charge in [-0.05, 0) is 12.8 Å². The van der Waals surface area contributed by atoms with Gasteiger partial charge in [-0.1, -0.05) is 0 Å². The van der Waals surface area contributed by atoms with E-state index in [0.717, 1.165) is 6.42 Å². The molecule has 2 heterocycles. The van der Waals surface area contributed by atoms with Crippen LogP contribution in [0.25, 0.3) is 0 Å². The molecule has 11 heavy (non-hydrogen) atoms. The van der Waals surface area contributed by atoms with Gasteiger partial charge in [-0.15, -0.1) is 0 Å². The van der Waals surface area contributed by atoms with Gasteiger partial charge in [-0.2, -0.15) is 0 Å². The Labute approximate surface area is 64.8 Å². The molecule has 0 amide bonds. The van der Waals surface area contributed by atoms with Gasteiger partial charge in [0.05, 0.1) is 12.2 Å². The van der Waals surface area contributed by atoms with Gasteiger partial charge in [-0.25, -0.2) is 0 Å². The zero-order chi connectivity index (χ0) is 8.06. The van der Waals surface area contributed by atoms with Gasteiger partial charge >= 0.3 is 0 Å². The maximum Gasteiger partial charge on any atom is 0.142 e. The molecule has 0 spiro atoms. The van der Waals surface area contributed by atoms with Crippen LogP contribution in [-0.2, 0) is 0 Å². The normalized spacial score (nSPS) is 56.5. The molecule has 3 unspecified atom stereocenters. The molecule has 0 aromatic carbocycles. The zero-order valence-electron chi connectivity index (χ0n) is 6.20. The van der Waals surface area contributed by atoms with Gasteiger partial charge in [0.15, 0.2) is 0 Å². The number of rotatable bonds is 0. The van der Waals surface area contributed by atoms with Crippen molar-refractivity contribution in [3.8, 4) is 0 Å². The minimum atomic E-state index is -1.12. The molecule has 2 rings (SSSR count). The molecule has 0 aromatic heterocycles. The third-order valence-corrected chi connectivity index (χ3v) is 2.75. The second kappa shape index (κ2) is 2.17. The fraction of sp³-hybridized carbons (Fsp3) is 1.00. The van der Waals surface area contributed by atoms with E-state index in [0.29, 0.717) is 6.42 Å². The summed E-state index contributed by atoms with van der Waals surface area (Å²) in [5, 5.41) is 31.2. The minimum Gasteiger partial charge on any atom is -0.391 e. The molecular weight excluding hydrogens is 146 g/mol. The minimum absolute atomic E-state index is 0.0246. The van der Waals surface area contributed by atoms with Gasteiger partial charge in [-0.3, -0.25) is 5.32 Å². The summed E-state index contributed by atoms with van der Waals surface area (Å²) in [6.07, 6.45) is 0.239. The summed E-state index contributed by atoms with van der Waals surface area (Å²) in [7, 11) is 0. The number of nitrogens with one attached hydrogen (secondary N) is 1. The van der Waals surface area contributed by atoms with Crippen LogP contribution in [0.4, 0.5) is 0 Å². The van der Waals surface area contributed by atoms with Crippen molar-refractivity contribution in [3.05, 3.63) is 0 Å². The second-order valence-electron chi connectivity index (χ2n) is 3.53. The molecule has 2 bridgehead atoms. The van der Waals surface area contributed by atoms with Crippen molar-refractivity contribution < 1.29 is 15.3 Å². The van der Waals surface area contributed by atoms with E-state index in [1.54, 1.807) is 0 Å². The van der Waals surface area contributed by atoms with Crippen molar-refractivity contribution in [1.29, 1.82) is 0 Å². The highest BCUT2D eigenvalue weighted by Crippen LogP contribution is 2.33. The average Bonchev–Trinajstić information content (AvgIpc) is 2.28. The first-order valence-corrected chi connectivity index (χ1v) is 3.98. The summed E-state index contributed by atoms with van der Waals surface area (Å²) in [5.41, 5.74) is -1.12. The highest BCUT2D eigenvalue weighted by molar-refractivity contribution is 5.02. The Morgan fingerprint density at radius 3 is 2.82 bits per heavy atom.